The molecule has 4 heteroatoms. The molecule has 1 aliphatic rings. The molecule has 2 N–H and O–H groups in total. The summed E-state index contributed by atoms with van der Waals surface area (Å²) in [6.45, 7) is 6.80. The molecule has 1 fully saturated rings. The minimum absolute atomic E-state index is 0.311. The van der Waals surface area contributed by atoms with Gasteiger partial charge in [-0.1, -0.05) is 13.8 Å². The van der Waals surface area contributed by atoms with Gasteiger partial charge < -0.3 is 5.73 Å². The number of carbonyl (C=O) groups excluding carboxylic acids is 1. The minimum Gasteiger partial charge on any atom is -0.365 e. The number of hydrogen-bond acceptors (Lipinski definition) is 3. The molecule has 1 aliphatic heterocycles. The highest BCUT2D eigenvalue weighted by Gasteiger charge is 2.27. The van der Waals surface area contributed by atoms with Crippen molar-refractivity contribution in [3.63, 3.8) is 0 Å². The fourth-order valence-corrected chi connectivity index (χ4v) is 3.53. The zero-order valence-corrected chi connectivity index (χ0v) is 11.3. The van der Waals surface area contributed by atoms with E-state index >= 15 is 0 Å². The maximum atomic E-state index is 11.1. The van der Waals surface area contributed by atoms with E-state index in [4.69, 9.17) is 5.73 Å². The summed E-state index contributed by atoms with van der Waals surface area (Å²) in [6, 6.07) is 4.41. The predicted octanol–water partition coefficient (Wildman–Crippen LogP) is 2.64. The van der Waals surface area contributed by atoms with Crippen molar-refractivity contribution in [1.29, 1.82) is 0 Å². The van der Waals surface area contributed by atoms with Gasteiger partial charge in [0.2, 0.25) is 0 Å². The number of nitrogens with zero attached hydrogens (tertiary/aromatic N) is 1. The molecule has 2 rings (SSSR count). The van der Waals surface area contributed by atoms with E-state index in [1.807, 2.05) is 6.07 Å². The Balaban J connectivity index is 2.11. The van der Waals surface area contributed by atoms with Gasteiger partial charge >= 0.3 is 0 Å². The summed E-state index contributed by atoms with van der Waals surface area (Å²) >= 11 is 1.55. The highest BCUT2D eigenvalue weighted by atomic mass is 32.1. The van der Waals surface area contributed by atoms with Crippen molar-refractivity contribution < 1.29 is 4.79 Å². The second kappa shape index (κ2) is 5.19. The van der Waals surface area contributed by atoms with Gasteiger partial charge in [0, 0.05) is 17.5 Å². The third-order valence-corrected chi connectivity index (χ3v) is 4.36. The molecule has 0 radical (unpaired) electrons. The standard InChI is InChI=1S/C13H20N2OS/c1-9(2)8-15-7-3-4-10(15)11-5-6-12(17-11)13(14)16/h5-6,9-10H,3-4,7-8H2,1-2H3,(H2,14,16). The van der Waals surface area contributed by atoms with Gasteiger partial charge in [0.05, 0.1) is 4.88 Å². The van der Waals surface area contributed by atoms with Crippen molar-refractivity contribution in [1.82, 2.24) is 4.90 Å². The normalized spacial score (nSPS) is 21.2. The van der Waals surface area contributed by atoms with Gasteiger partial charge in [-0.2, -0.15) is 0 Å². The number of amides is 1. The van der Waals surface area contributed by atoms with Crippen LogP contribution in [-0.2, 0) is 0 Å². The van der Waals surface area contributed by atoms with E-state index in [2.05, 4.69) is 24.8 Å². The van der Waals surface area contributed by atoms with E-state index in [1.54, 1.807) is 11.3 Å². The van der Waals surface area contributed by atoms with Gasteiger partial charge in [0.25, 0.3) is 5.91 Å². The van der Waals surface area contributed by atoms with Crippen LogP contribution in [0.2, 0.25) is 0 Å². The lowest BCUT2D eigenvalue weighted by molar-refractivity contribution is 0.100. The summed E-state index contributed by atoms with van der Waals surface area (Å²) in [4.78, 5) is 15.6. The first kappa shape index (κ1) is 12.6. The average Bonchev–Trinajstić information content (AvgIpc) is 2.83. The molecular formula is C13H20N2OS. The van der Waals surface area contributed by atoms with Crippen LogP contribution in [0.5, 0.6) is 0 Å². The number of rotatable bonds is 4. The van der Waals surface area contributed by atoms with E-state index < -0.39 is 0 Å². The smallest absolute Gasteiger partial charge is 0.258 e. The van der Waals surface area contributed by atoms with Gasteiger partial charge in [-0.25, -0.2) is 0 Å². The molecule has 0 aliphatic carbocycles. The summed E-state index contributed by atoms with van der Waals surface area (Å²) in [5, 5.41) is 0. The van der Waals surface area contributed by atoms with Crippen LogP contribution < -0.4 is 5.73 Å². The number of nitrogens with two attached hydrogens (primary N) is 1. The Morgan fingerprint density at radius 1 is 1.59 bits per heavy atom. The quantitative estimate of drug-likeness (QED) is 0.895. The maximum Gasteiger partial charge on any atom is 0.258 e. The minimum atomic E-state index is -0.311. The zero-order valence-electron chi connectivity index (χ0n) is 10.5. The molecule has 94 valence electrons. The lowest BCUT2D eigenvalue weighted by Gasteiger charge is -2.25. The predicted molar refractivity (Wildman–Crippen MR) is 71.2 cm³/mol. The van der Waals surface area contributed by atoms with Gasteiger partial charge in [-0.3, -0.25) is 9.69 Å². The Morgan fingerprint density at radius 3 is 2.94 bits per heavy atom. The zero-order chi connectivity index (χ0) is 12.4. The molecule has 0 spiro atoms. The molecule has 1 amide bonds. The Hall–Kier alpha value is -0.870. The number of thiophene rings is 1. The third-order valence-electron chi connectivity index (χ3n) is 3.16. The first-order valence-electron chi connectivity index (χ1n) is 6.21. The summed E-state index contributed by atoms with van der Waals surface area (Å²) in [7, 11) is 0. The highest BCUT2D eigenvalue weighted by molar-refractivity contribution is 7.14. The van der Waals surface area contributed by atoms with Crippen molar-refractivity contribution >= 4 is 17.2 Å². The van der Waals surface area contributed by atoms with Gasteiger partial charge in [0.15, 0.2) is 0 Å². The van der Waals surface area contributed by atoms with Crippen molar-refractivity contribution in [2.24, 2.45) is 11.7 Å². The molecule has 1 atom stereocenters. The lowest BCUT2D eigenvalue weighted by Crippen LogP contribution is -2.26. The van der Waals surface area contributed by atoms with Crippen LogP contribution in [0.15, 0.2) is 12.1 Å². The first-order valence-corrected chi connectivity index (χ1v) is 7.03. The van der Waals surface area contributed by atoms with Crippen LogP contribution >= 0.6 is 11.3 Å². The second-order valence-corrected chi connectivity index (χ2v) is 6.23. The second-order valence-electron chi connectivity index (χ2n) is 5.11. The number of hydrogen-bond donors (Lipinski definition) is 1. The van der Waals surface area contributed by atoms with Crippen LogP contribution in [-0.4, -0.2) is 23.9 Å². The fourth-order valence-electron chi connectivity index (χ4n) is 2.50. The van der Waals surface area contributed by atoms with E-state index in [-0.39, 0.29) is 5.91 Å². The Bertz CT molecular complexity index is 400. The van der Waals surface area contributed by atoms with Crippen molar-refractivity contribution in [3.8, 4) is 0 Å². The SMILES string of the molecule is CC(C)CN1CCCC1c1ccc(C(N)=O)s1. The topological polar surface area (TPSA) is 46.3 Å². The molecule has 0 saturated carbocycles. The average molecular weight is 252 g/mol. The fraction of sp³-hybridized carbons (Fsp3) is 0.615. The van der Waals surface area contributed by atoms with E-state index in [1.165, 1.54) is 24.3 Å². The van der Waals surface area contributed by atoms with E-state index in [0.717, 1.165) is 6.54 Å². The number of primary amides is 1. The molecule has 1 unspecified atom stereocenters. The molecule has 17 heavy (non-hydrogen) atoms. The highest BCUT2D eigenvalue weighted by Crippen LogP contribution is 2.36. The summed E-state index contributed by atoms with van der Waals surface area (Å²) in [5.74, 6) is 0.376. The van der Waals surface area contributed by atoms with Gasteiger partial charge in [0.1, 0.15) is 0 Å². The first-order chi connectivity index (χ1) is 8.08. The molecule has 2 heterocycles. The molecule has 3 nitrogen and oxygen atoms in total. The van der Waals surface area contributed by atoms with Gasteiger partial charge in [-0.05, 0) is 37.4 Å². The van der Waals surface area contributed by atoms with Crippen molar-refractivity contribution in [2.45, 2.75) is 32.7 Å². The van der Waals surface area contributed by atoms with Crippen molar-refractivity contribution in [2.75, 3.05) is 13.1 Å². The van der Waals surface area contributed by atoms with Crippen LogP contribution in [0.3, 0.4) is 0 Å². The van der Waals surface area contributed by atoms with Crippen LogP contribution in [0.1, 0.15) is 47.3 Å². The Morgan fingerprint density at radius 2 is 2.35 bits per heavy atom. The summed E-state index contributed by atoms with van der Waals surface area (Å²) < 4.78 is 0. The van der Waals surface area contributed by atoms with E-state index in [9.17, 15) is 4.79 Å². The molecule has 1 saturated heterocycles. The molecule has 1 aromatic heterocycles. The van der Waals surface area contributed by atoms with Crippen LogP contribution in [0, 0.1) is 5.92 Å². The number of likely N-dealkylation sites (tertiary alicyclic amines) is 1. The van der Waals surface area contributed by atoms with Crippen LogP contribution in [0.25, 0.3) is 0 Å². The van der Waals surface area contributed by atoms with Gasteiger partial charge in [-0.15, -0.1) is 11.3 Å². The Kier molecular flexibility index (Phi) is 3.84. The summed E-state index contributed by atoms with van der Waals surface area (Å²) in [5.41, 5.74) is 5.30. The number of carbonyl (C=O) groups is 1. The van der Waals surface area contributed by atoms with Crippen LogP contribution in [0.4, 0.5) is 0 Å². The molecular weight excluding hydrogens is 232 g/mol. The maximum absolute atomic E-state index is 11.1. The largest absolute Gasteiger partial charge is 0.365 e. The van der Waals surface area contributed by atoms with E-state index in [0.29, 0.717) is 16.8 Å². The molecule has 0 bridgehead atoms. The third kappa shape index (κ3) is 2.87. The molecule has 1 aromatic rings. The summed E-state index contributed by atoms with van der Waals surface area (Å²) in [6.07, 6.45) is 2.45. The monoisotopic (exact) mass is 252 g/mol. The Labute approximate surface area is 107 Å². The molecule has 0 aromatic carbocycles. The van der Waals surface area contributed by atoms with Crippen molar-refractivity contribution in [3.05, 3.63) is 21.9 Å². The lowest BCUT2D eigenvalue weighted by atomic mass is 10.1.